The van der Waals surface area contributed by atoms with E-state index < -0.39 is 11.6 Å². The van der Waals surface area contributed by atoms with Crippen molar-refractivity contribution in [3.63, 3.8) is 0 Å². The van der Waals surface area contributed by atoms with Crippen molar-refractivity contribution in [1.82, 2.24) is 0 Å². The number of aliphatic hydroxyl groups is 1. The van der Waals surface area contributed by atoms with Crippen LogP contribution in [-0.4, -0.2) is 12.2 Å². The summed E-state index contributed by atoms with van der Waals surface area (Å²) in [6.45, 7) is 3.26. The van der Waals surface area contributed by atoms with E-state index in [0.29, 0.717) is 0 Å². The van der Waals surface area contributed by atoms with Gasteiger partial charge in [-0.1, -0.05) is 13.3 Å². The predicted molar refractivity (Wildman–Crippen MR) is 51.1 cm³/mol. The van der Waals surface area contributed by atoms with Gasteiger partial charge in [0.1, 0.15) is 5.83 Å². The van der Waals surface area contributed by atoms with Crippen molar-refractivity contribution in [1.29, 1.82) is 0 Å². The summed E-state index contributed by atoms with van der Waals surface area (Å²) in [7, 11) is 1.41. The summed E-state index contributed by atoms with van der Waals surface area (Å²) in [4.78, 5) is 0. The zero-order valence-corrected chi connectivity index (χ0v) is 8.43. The van der Waals surface area contributed by atoms with Gasteiger partial charge in [0.25, 0.3) is 0 Å². The number of aliphatic hydroxyl groups excluding tert-OH is 1. The van der Waals surface area contributed by atoms with E-state index in [0.717, 1.165) is 19.3 Å². The molecule has 0 fully saturated rings. The van der Waals surface area contributed by atoms with Crippen molar-refractivity contribution in [2.75, 3.05) is 7.11 Å². The van der Waals surface area contributed by atoms with Crippen LogP contribution in [0, 0.1) is 0 Å². The lowest BCUT2D eigenvalue weighted by Crippen LogP contribution is -1.93. The molecule has 0 spiro atoms. The average Bonchev–Trinajstić information content (AvgIpc) is 2.11. The lowest BCUT2D eigenvalue weighted by molar-refractivity contribution is 0.246. The Bertz CT molecular complexity index is 203. The molecule has 76 valence electrons. The van der Waals surface area contributed by atoms with Gasteiger partial charge in [0, 0.05) is 0 Å². The molecule has 0 aliphatic rings. The lowest BCUT2D eigenvalue weighted by atomic mass is 10.2. The Morgan fingerprint density at radius 3 is 2.54 bits per heavy atom. The van der Waals surface area contributed by atoms with Crippen molar-refractivity contribution >= 4 is 0 Å². The van der Waals surface area contributed by atoms with E-state index >= 15 is 0 Å². The van der Waals surface area contributed by atoms with Crippen molar-refractivity contribution in [3.05, 3.63) is 23.4 Å². The van der Waals surface area contributed by atoms with Gasteiger partial charge in [0.15, 0.2) is 11.5 Å². The topological polar surface area (TPSA) is 29.5 Å². The molecule has 0 unspecified atom stereocenters. The number of methoxy groups -OCH3 is 1. The molecule has 0 aliphatic carbocycles. The van der Waals surface area contributed by atoms with E-state index in [-0.39, 0.29) is 5.76 Å². The van der Waals surface area contributed by atoms with Crippen LogP contribution in [-0.2, 0) is 4.74 Å². The molecule has 1 N–H and O–H groups in total. The van der Waals surface area contributed by atoms with E-state index in [1.807, 2.05) is 0 Å². The summed E-state index contributed by atoms with van der Waals surface area (Å²) in [6, 6.07) is 0. The highest BCUT2D eigenvalue weighted by molar-refractivity contribution is 5.20. The molecule has 0 aromatic carbocycles. The van der Waals surface area contributed by atoms with Gasteiger partial charge in [-0.15, -0.1) is 0 Å². The third-order valence-corrected chi connectivity index (χ3v) is 1.67. The summed E-state index contributed by atoms with van der Waals surface area (Å²) in [5.41, 5.74) is 0. The molecule has 0 saturated carbocycles. The van der Waals surface area contributed by atoms with Crippen molar-refractivity contribution in [2.24, 2.45) is 0 Å². The maximum atomic E-state index is 12.6. The third-order valence-electron chi connectivity index (χ3n) is 1.67. The molecule has 0 atom stereocenters. The smallest absolute Gasteiger partial charge is 0.189 e. The van der Waals surface area contributed by atoms with Gasteiger partial charge in [-0.25, -0.2) is 4.39 Å². The average molecular weight is 188 g/mol. The summed E-state index contributed by atoms with van der Waals surface area (Å²) >= 11 is 0. The van der Waals surface area contributed by atoms with Crippen LogP contribution in [0.4, 0.5) is 4.39 Å². The Kier molecular flexibility index (Phi) is 6.02. The Labute approximate surface area is 78.7 Å². The van der Waals surface area contributed by atoms with Crippen LogP contribution in [0.15, 0.2) is 23.4 Å². The first-order valence-electron chi connectivity index (χ1n) is 4.43. The molecule has 0 rings (SSSR count). The number of allylic oxidation sites excluding steroid dienone is 2. The van der Waals surface area contributed by atoms with Crippen LogP contribution in [0.1, 0.15) is 33.1 Å². The molecule has 2 nitrogen and oxygen atoms in total. The maximum Gasteiger partial charge on any atom is 0.189 e. The SMILES string of the molecule is CCCC/C=C(OC)/C(O)=C(\C)F. The molecule has 0 bridgehead atoms. The molecule has 0 aromatic rings. The standard InChI is InChI=1S/C10H17FO2/c1-4-5-6-7-9(13-3)10(12)8(2)11/h7,12H,4-6H2,1-3H3/b9-7-,10-8-. The molecule has 0 aliphatic heterocycles. The van der Waals surface area contributed by atoms with Crippen molar-refractivity contribution in [2.45, 2.75) is 33.1 Å². The highest BCUT2D eigenvalue weighted by Gasteiger charge is 2.06. The Morgan fingerprint density at radius 1 is 1.54 bits per heavy atom. The first kappa shape index (κ1) is 12.0. The van der Waals surface area contributed by atoms with Crippen molar-refractivity contribution in [3.8, 4) is 0 Å². The molecule has 0 saturated heterocycles. The largest absolute Gasteiger partial charge is 0.502 e. The minimum atomic E-state index is -0.621. The zero-order chi connectivity index (χ0) is 10.3. The monoisotopic (exact) mass is 188 g/mol. The number of halogens is 1. The second kappa shape index (κ2) is 6.52. The number of rotatable bonds is 5. The molecule has 0 aromatic heterocycles. The van der Waals surface area contributed by atoms with Gasteiger partial charge >= 0.3 is 0 Å². The molecular formula is C10H17FO2. The van der Waals surface area contributed by atoms with Gasteiger partial charge in [0.05, 0.1) is 7.11 Å². The van der Waals surface area contributed by atoms with Crippen LogP contribution in [0.5, 0.6) is 0 Å². The molecule has 0 radical (unpaired) electrons. The Hall–Kier alpha value is -0.990. The Morgan fingerprint density at radius 2 is 2.15 bits per heavy atom. The molecule has 0 heterocycles. The van der Waals surface area contributed by atoms with Crippen LogP contribution in [0.3, 0.4) is 0 Å². The fourth-order valence-corrected chi connectivity index (χ4v) is 0.884. The van der Waals surface area contributed by atoms with Crippen LogP contribution < -0.4 is 0 Å². The molecule has 0 amide bonds. The minimum Gasteiger partial charge on any atom is -0.502 e. The van der Waals surface area contributed by atoms with E-state index in [4.69, 9.17) is 4.74 Å². The first-order chi connectivity index (χ1) is 6.13. The Balaban J connectivity index is 4.33. The van der Waals surface area contributed by atoms with Crippen LogP contribution in [0.2, 0.25) is 0 Å². The van der Waals surface area contributed by atoms with E-state index in [9.17, 15) is 9.50 Å². The van der Waals surface area contributed by atoms with Gasteiger partial charge in [-0.2, -0.15) is 0 Å². The molecular weight excluding hydrogens is 171 g/mol. The number of ether oxygens (including phenoxy) is 1. The minimum absolute atomic E-state index is 0.216. The fourth-order valence-electron chi connectivity index (χ4n) is 0.884. The van der Waals surface area contributed by atoms with E-state index in [1.165, 1.54) is 14.0 Å². The highest BCUT2D eigenvalue weighted by Crippen LogP contribution is 2.14. The zero-order valence-electron chi connectivity index (χ0n) is 8.43. The summed E-state index contributed by atoms with van der Waals surface area (Å²) in [5, 5.41) is 9.20. The number of unbranched alkanes of at least 4 members (excludes halogenated alkanes) is 2. The third kappa shape index (κ3) is 4.55. The van der Waals surface area contributed by atoms with Crippen LogP contribution >= 0.6 is 0 Å². The van der Waals surface area contributed by atoms with Gasteiger partial charge in [-0.05, 0) is 25.8 Å². The first-order valence-corrected chi connectivity index (χ1v) is 4.43. The predicted octanol–water partition coefficient (Wildman–Crippen LogP) is 3.47. The summed E-state index contributed by atoms with van der Waals surface area (Å²) in [5.74, 6) is -0.809. The molecule has 3 heteroatoms. The normalized spacial score (nSPS) is 14.0. The van der Waals surface area contributed by atoms with Gasteiger partial charge < -0.3 is 9.84 Å². The van der Waals surface area contributed by atoms with Crippen LogP contribution in [0.25, 0.3) is 0 Å². The van der Waals surface area contributed by atoms with Gasteiger partial charge in [0.2, 0.25) is 0 Å². The van der Waals surface area contributed by atoms with E-state index in [1.54, 1.807) is 6.08 Å². The maximum absolute atomic E-state index is 12.6. The quantitative estimate of drug-likeness (QED) is 0.406. The summed E-state index contributed by atoms with van der Waals surface area (Å²) in [6.07, 6.45) is 4.55. The number of hydrogen-bond acceptors (Lipinski definition) is 2. The second-order valence-corrected chi connectivity index (χ2v) is 2.80. The summed E-state index contributed by atoms with van der Waals surface area (Å²) < 4.78 is 17.4. The second-order valence-electron chi connectivity index (χ2n) is 2.80. The lowest BCUT2D eigenvalue weighted by Gasteiger charge is -2.04. The van der Waals surface area contributed by atoms with E-state index in [2.05, 4.69) is 6.92 Å². The fraction of sp³-hybridized carbons (Fsp3) is 0.600. The van der Waals surface area contributed by atoms with Crippen molar-refractivity contribution < 1.29 is 14.2 Å². The van der Waals surface area contributed by atoms with Gasteiger partial charge in [-0.3, -0.25) is 0 Å². The molecule has 13 heavy (non-hydrogen) atoms. The highest BCUT2D eigenvalue weighted by atomic mass is 19.1. The number of hydrogen-bond donors (Lipinski definition) is 1.